The number of alkyl carbamates (subject to hydrolysis) is 1. The normalized spacial score (nSPS) is 14.9. The van der Waals surface area contributed by atoms with Gasteiger partial charge < -0.3 is 46.9 Å². The van der Waals surface area contributed by atoms with E-state index in [0.29, 0.717) is 32.5 Å². The molecule has 2 aliphatic rings. The molecule has 8 rings (SSSR count). The van der Waals surface area contributed by atoms with E-state index in [4.69, 9.17) is 56.9 Å². The molecule has 7 amide bonds. The maximum absolute atomic E-state index is 13.9. The number of amides is 7. The molecule has 4 atom stereocenters. The summed E-state index contributed by atoms with van der Waals surface area (Å²) in [5.41, 5.74) is 10.5. The van der Waals surface area contributed by atoms with Gasteiger partial charge in [-0.2, -0.15) is 0 Å². The molecule has 0 saturated heterocycles. The molecule has 18 nitrogen and oxygen atoms in total. The minimum absolute atomic E-state index is 0.00635. The number of halogens is 4. The summed E-state index contributed by atoms with van der Waals surface area (Å²) in [6.45, 7) is 5.74. The Balaban J connectivity index is 0.000000252. The first-order valence-corrected chi connectivity index (χ1v) is 29.8. The summed E-state index contributed by atoms with van der Waals surface area (Å²) in [4.78, 5) is 122. The van der Waals surface area contributed by atoms with E-state index in [1.807, 2.05) is 60.7 Å². The Bertz CT molecular complexity index is 3480. The topological polar surface area (TPSA) is 256 Å². The molecule has 7 N–H and O–H groups in total. The summed E-state index contributed by atoms with van der Waals surface area (Å²) in [5.74, 6) is -3.04. The van der Waals surface area contributed by atoms with Gasteiger partial charge in [-0.1, -0.05) is 156 Å². The van der Waals surface area contributed by atoms with Crippen LogP contribution in [-0.4, -0.2) is 106 Å². The number of carbonyl (C=O) groups excluding carboxylic acids is 9. The quantitative estimate of drug-likeness (QED) is 0.0370. The van der Waals surface area contributed by atoms with Gasteiger partial charge in [-0.15, -0.1) is 0 Å². The fourth-order valence-corrected chi connectivity index (χ4v) is 10.4. The van der Waals surface area contributed by atoms with Crippen molar-refractivity contribution in [1.29, 1.82) is 0 Å². The van der Waals surface area contributed by atoms with Gasteiger partial charge in [0.25, 0.3) is 0 Å². The Hall–Kier alpha value is -8.13. The molecule has 0 fully saturated rings. The maximum atomic E-state index is 13.9. The number of Topliss-reactive ketones (excluding diaryl/α,β-unsaturated/α-hetero) is 2. The van der Waals surface area contributed by atoms with Crippen LogP contribution in [0.25, 0.3) is 0 Å². The van der Waals surface area contributed by atoms with Crippen molar-refractivity contribution in [2.24, 2.45) is 5.73 Å². The molecule has 0 saturated carbocycles. The highest BCUT2D eigenvalue weighted by Gasteiger charge is 2.38. The minimum Gasteiger partial charge on any atom is -0.444 e. The number of nitrogens with two attached hydrogens (primary N) is 1. The average molecular weight is 1260 g/mol. The van der Waals surface area contributed by atoms with Crippen molar-refractivity contribution in [3.63, 3.8) is 0 Å². The Morgan fingerprint density at radius 2 is 0.908 bits per heavy atom. The first-order valence-electron chi connectivity index (χ1n) is 28.3. The lowest BCUT2D eigenvalue weighted by atomic mass is 9.92. The molecule has 2 aliphatic heterocycles. The van der Waals surface area contributed by atoms with Crippen LogP contribution in [0.1, 0.15) is 102 Å². The van der Waals surface area contributed by atoms with E-state index in [9.17, 15) is 43.2 Å². The van der Waals surface area contributed by atoms with Crippen molar-refractivity contribution < 1.29 is 47.9 Å². The first-order chi connectivity index (χ1) is 41.6. The van der Waals surface area contributed by atoms with Crippen LogP contribution < -0.4 is 32.3 Å². The van der Waals surface area contributed by atoms with Gasteiger partial charge in [0.05, 0.1) is 20.1 Å². The van der Waals surface area contributed by atoms with Crippen molar-refractivity contribution in [2.45, 2.75) is 115 Å². The van der Waals surface area contributed by atoms with Gasteiger partial charge in [-0.25, -0.2) is 4.79 Å². The zero-order chi connectivity index (χ0) is 62.8. The van der Waals surface area contributed by atoms with Crippen LogP contribution in [0.5, 0.6) is 0 Å². The lowest BCUT2D eigenvalue weighted by Crippen LogP contribution is -2.56. The zero-order valence-electron chi connectivity index (χ0n) is 48.2. The lowest BCUT2D eigenvalue weighted by molar-refractivity contribution is -0.142. The van der Waals surface area contributed by atoms with E-state index >= 15 is 0 Å². The second-order valence-electron chi connectivity index (χ2n) is 21.8. The van der Waals surface area contributed by atoms with Crippen LogP contribution in [0, 0.1) is 0 Å². The van der Waals surface area contributed by atoms with Crippen molar-refractivity contribution in [3.05, 3.63) is 199 Å². The molecule has 6 aromatic rings. The molecule has 0 aromatic heterocycles. The van der Waals surface area contributed by atoms with Crippen LogP contribution in [0.15, 0.2) is 146 Å². The summed E-state index contributed by atoms with van der Waals surface area (Å²) in [6, 6.07) is 38.0. The van der Waals surface area contributed by atoms with Crippen molar-refractivity contribution in [3.8, 4) is 0 Å². The second kappa shape index (κ2) is 31.5. The van der Waals surface area contributed by atoms with Crippen LogP contribution in [0.2, 0.25) is 20.1 Å². The highest BCUT2D eigenvalue weighted by Crippen LogP contribution is 2.29. The maximum Gasteiger partial charge on any atom is 0.407 e. The van der Waals surface area contributed by atoms with Gasteiger partial charge in [-0.3, -0.25) is 38.4 Å². The first kappa shape index (κ1) is 66.4. The Labute approximate surface area is 525 Å². The second-order valence-corrected chi connectivity index (χ2v) is 23.4. The van der Waals surface area contributed by atoms with Gasteiger partial charge in [-0.05, 0) is 98.8 Å². The SMILES string of the molecule is CC(C)(C)OC(=O)NCC[C@H](NC(=O)C1Cc2ccccc2CN1C(=O)CCC(=O)c1ccccc1)C(=O)Nc1ccc(Cl)c(Cl)c1.NCC[C@H](NC(=O)C1Cc2ccccc2CN1C(=O)CCC(=O)c1ccccc1)C(=O)Nc1ccc(Cl)c(Cl)c1. The smallest absolute Gasteiger partial charge is 0.407 e. The molecule has 87 heavy (non-hydrogen) atoms. The zero-order valence-corrected chi connectivity index (χ0v) is 51.2. The summed E-state index contributed by atoms with van der Waals surface area (Å²) in [6.07, 6.45) is -0.0786. The molecule has 2 unspecified atom stereocenters. The molecule has 6 aromatic carbocycles. The van der Waals surface area contributed by atoms with E-state index in [1.165, 1.54) is 28.0 Å². The molecule has 0 radical (unpaired) electrons. The number of rotatable bonds is 21. The number of hydrogen-bond acceptors (Lipinski definition) is 11. The number of ether oxygens (including phenoxy) is 1. The van der Waals surface area contributed by atoms with Gasteiger partial charge in [0, 0.05) is 80.7 Å². The van der Waals surface area contributed by atoms with Gasteiger partial charge in [0.2, 0.25) is 35.4 Å². The van der Waals surface area contributed by atoms with Gasteiger partial charge in [0.1, 0.15) is 29.8 Å². The number of carbonyl (C=O) groups is 9. The third-order valence-electron chi connectivity index (χ3n) is 14.3. The molecule has 0 aliphatic carbocycles. The minimum atomic E-state index is -1.11. The Morgan fingerprint density at radius 1 is 0.517 bits per heavy atom. The summed E-state index contributed by atoms with van der Waals surface area (Å²) in [5, 5.41) is 14.8. The molecular formula is C65H68Cl4N8O10. The summed E-state index contributed by atoms with van der Waals surface area (Å²) in [7, 11) is 0. The number of nitrogens with zero attached hydrogens (tertiary/aromatic N) is 2. The highest BCUT2D eigenvalue weighted by molar-refractivity contribution is 6.42. The monoisotopic (exact) mass is 1260 g/mol. The van der Waals surface area contributed by atoms with Gasteiger partial charge >= 0.3 is 6.09 Å². The lowest BCUT2D eigenvalue weighted by Gasteiger charge is -2.37. The van der Waals surface area contributed by atoms with E-state index in [0.717, 1.165) is 22.3 Å². The number of fused-ring (bicyclic) bond motifs is 2. The highest BCUT2D eigenvalue weighted by atomic mass is 35.5. The summed E-state index contributed by atoms with van der Waals surface area (Å²) < 4.78 is 5.28. The van der Waals surface area contributed by atoms with E-state index in [1.54, 1.807) is 87.5 Å². The number of ketones is 2. The van der Waals surface area contributed by atoms with E-state index in [2.05, 4.69) is 26.6 Å². The van der Waals surface area contributed by atoms with E-state index in [-0.39, 0.29) is 111 Å². The number of nitrogens with one attached hydrogen (secondary N) is 5. The Kier molecular flexibility index (Phi) is 24.0. The standard InChI is InChI=1S/C35H38Cl2N4O6.C30H30Cl2N4O4/c1-35(2,3)47-34(46)38-18-17-28(32(44)39-25-13-14-26(36)27(37)20-25)40-33(45)29-19-23-11-7-8-12-24(23)21-41(29)31(43)16-15-30(42)22-9-5-4-6-10-22;31-23-11-10-22(17-24(23)32)34-29(39)25(14-15-33)35-30(40)26-16-20-8-4-5-9-21(20)18-36(26)28(38)13-12-27(37)19-6-2-1-3-7-19/h4-14,20,28-29H,15-19,21H2,1-3H3,(H,38,46)(H,39,44)(H,40,45);1-11,17,25-26H,12-16,18,33H2,(H,34,39)(H,35,40)/t28-,29?;25-,26?/m00/s1. The molecule has 0 spiro atoms. The molecule has 22 heteroatoms. The third kappa shape index (κ3) is 19.4. The molecule has 2 heterocycles. The van der Waals surface area contributed by atoms with E-state index < -0.39 is 59.5 Å². The van der Waals surface area contributed by atoms with Crippen molar-refractivity contribution in [2.75, 3.05) is 23.7 Å². The van der Waals surface area contributed by atoms with Crippen LogP contribution >= 0.6 is 46.4 Å². The van der Waals surface area contributed by atoms with Crippen molar-refractivity contribution >= 4 is 111 Å². The molecular weight excluding hydrogens is 1190 g/mol. The predicted octanol–water partition coefficient (Wildman–Crippen LogP) is 10.3. The van der Waals surface area contributed by atoms with Gasteiger partial charge in [0.15, 0.2) is 11.6 Å². The largest absolute Gasteiger partial charge is 0.444 e. The predicted molar refractivity (Wildman–Crippen MR) is 336 cm³/mol. The molecule has 0 bridgehead atoms. The van der Waals surface area contributed by atoms with Crippen LogP contribution in [-0.2, 0) is 59.4 Å². The number of hydrogen-bond donors (Lipinski definition) is 6. The summed E-state index contributed by atoms with van der Waals surface area (Å²) >= 11 is 24.2. The number of benzene rings is 6. The fourth-order valence-electron chi connectivity index (χ4n) is 9.78. The molecule has 456 valence electrons. The fraction of sp³-hybridized carbons (Fsp3) is 0.308. The average Bonchev–Trinajstić information content (AvgIpc) is 2.75. The van der Waals surface area contributed by atoms with Crippen molar-refractivity contribution in [1.82, 2.24) is 25.8 Å². The number of anilines is 2. The third-order valence-corrected chi connectivity index (χ3v) is 15.7. The van der Waals surface area contributed by atoms with Crippen LogP contribution in [0.3, 0.4) is 0 Å². The van der Waals surface area contributed by atoms with Crippen LogP contribution in [0.4, 0.5) is 16.2 Å². The Morgan fingerprint density at radius 3 is 1.30 bits per heavy atom.